The third-order valence-corrected chi connectivity index (χ3v) is 3.75. The van der Waals surface area contributed by atoms with Gasteiger partial charge in [-0.1, -0.05) is 26.8 Å². The van der Waals surface area contributed by atoms with Crippen LogP contribution in [0.5, 0.6) is 0 Å². The van der Waals surface area contributed by atoms with Gasteiger partial charge in [-0.3, -0.25) is 9.78 Å². The molecule has 1 heterocycles. The Balaban J connectivity index is 2.22. The number of ketones is 1. The summed E-state index contributed by atoms with van der Waals surface area (Å²) in [4.78, 5) is 16.7. The van der Waals surface area contributed by atoms with Gasteiger partial charge in [0, 0.05) is 12.1 Å². The quantitative estimate of drug-likeness (QED) is 0.779. The molecule has 0 fully saturated rings. The third-order valence-electron chi connectivity index (χ3n) is 3.75. The zero-order chi connectivity index (χ0) is 11.7. The highest BCUT2D eigenvalue weighted by molar-refractivity contribution is 5.88. The fraction of sp³-hybridized carbons (Fsp3) is 0.571. The van der Waals surface area contributed by atoms with Gasteiger partial charge in [-0.25, -0.2) is 0 Å². The Morgan fingerprint density at radius 3 is 2.88 bits per heavy atom. The summed E-state index contributed by atoms with van der Waals surface area (Å²) in [5.41, 5.74) is 2.29. The van der Waals surface area contributed by atoms with E-state index in [1.807, 2.05) is 13.0 Å². The van der Waals surface area contributed by atoms with E-state index in [1.165, 1.54) is 5.56 Å². The maximum Gasteiger partial charge on any atom is 0.144 e. The molecule has 2 unspecified atom stereocenters. The number of fused-ring (bicyclic) bond motifs is 1. The van der Waals surface area contributed by atoms with Gasteiger partial charge in [0.05, 0.1) is 11.6 Å². The summed E-state index contributed by atoms with van der Waals surface area (Å²) in [7, 11) is 0. The van der Waals surface area contributed by atoms with Crippen LogP contribution in [0, 0.1) is 11.8 Å². The molecule has 1 aromatic heterocycles. The lowest BCUT2D eigenvalue weighted by atomic mass is 9.85. The van der Waals surface area contributed by atoms with Crippen molar-refractivity contribution >= 4 is 5.78 Å². The molecule has 0 amide bonds. The normalized spacial score (nSPS) is 20.9. The van der Waals surface area contributed by atoms with Crippen LogP contribution >= 0.6 is 0 Å². The predicted molar refractivity (Wildman–Crippen MR) is 64.3 cm³/mol. The molecule has 1 aliphatic rings. The van der Waals surface area contributed by atoms with Gasteiger partial charge in [-0.15, -0.1) is 0 Å². The van der Waals surface area contributed by atoms with Crippen molar-refractivity contribution < 1.29 is 4.79 Å². The first-order valence-corrected chi connectivity index (χ1v) is 6.08. The van der Waals surface area contributed by atoms with Crippen molar-refractivity contribution in [3.05, 3.63) is 29.6 Å². The average molecular weight is 217 g/mol. The minimum absolute atomic E-state index is 0.0496. The topological polar surface area (TPSA) is 30.0 Å². The largest absolute Gasteiger partial charge is 0.299 e. The van der Waals surface area contributed by atoms with Crippen LogP contribution in [0.1, 0.15) is 44.4 Å². The highest BCUT2D eigenvalue weighted by atomic mass is 16.1. The van der Waals surface area contributed by atoms with Crippen LogP contribution in [0.15, 0.2) is 18.3 Å². The molecule has 86 valence electrons. The molecule has 0 N–H and O–H groups in total. The molecule has 1 aromatic rings. The van der Waals surface area contributed by atoms with Crippen molar-refractivity contribution in [2.45, 2.75) is 39.5 Å². The lowest BCUT2D eigenvalue weighted by Gasteiger charge is -2.18. The molecule has 0 aromatic carbocycles. The highest BCUT2D eigenvalue weighted by Crippen LogP contribution is 2.34. The first-order valence-electron chi connectivity index (χ1n) is 6.08. The zero-order valence-electron chi connectivity index (χ0n) is 10.2. The van der Waals surface area contributed by atoms with Crippen molar-refractivity contribution in [1.29, 1.82) is 0 Å². The van der Waals surface area contributed by atoms with E-state index in [0.29, 0.717) is 11.7 Å². The fourth-order valence-electron chi connectivity index (χ4n) is 2.34. The van der Waals surface area contributed by atoms with Crippen LogP contribution in [0.3, 0.4) is 0 Å². The van der Waals surface area contributed by atoms with Crippen molar-refractivity contribution in [3.8, 4) is 0 Å². The number of carbonyl (C=O) groups is 1. The van der Waals surface area contributed by atoms with E-state index < -0.39 is 0 Å². The summed E-state index contributed by atoms with van der Waals surface area (Å²) in [6, 6.07) is 4.05. The summed E-state index contributed by atoms with van der Waals surface area (Å²) in [6.07, 6.45) is 3.75. The number of rotatable bonds is 3. The first kappa shape index (κ1) is 11.3. The Kier molecular flexibility index (Phi) is 3.08. The van der Waals surface area contributed by atoms with Gasteiger partial charge >= 0.3 is 0 Å². The SMILES string of the molecule is CC(C)C(C)C(=O)C1CCc2cccnc21. The first-order chi connectivity index (χ1) is 7.61. The van der Waals surface area contributed by atoms with E-state index in [0.717, 1.165) is 18.5 Å². The number of nitrogens with zero attached hydrogens (tertiary/aromatic N) is 1. The van der Waals surface area contributed by atoms with Gasteiger partial charge < -0.3 is 0 Å². The van der Waals surface area contributed by atoms with E-state index in [9.17, 15) is 4.79 Å². The third kappa shape index (κ3) is 1.89. The van der Waals surface area contributed by atoms with Crippen molar-refractivity contribution in [2.24, 2.45) is 11.8 Å². The molecule has 0 bridgehead atoms. The van der Waals surface area contributed by atoms with Crippen molar-refractivity contribution in [3.63, 3.8) is 0 Å². The van der Waals surface area contributed by atoms with Gasteiger partial charge in [0.15, 0.2) is 0 Å². The molecular weight excluding hydrogens is 198 g/mol. The fourth-order valence-corrected chi connectivity index (χ4v) is 2.34. The number of hydrogen-bond acceptors (Lipinski definition) is 2. The molecule has 2 heteroatoms. The van der Waals surface area contributed by atoms with Crippen LogP contribution in [0.2, 0.25) is 0 Å². The molecule has 0 aliphatic heterocycles. The molecule has 2 atom stereocenters. The summed E-state index contributed by atoms with van der Waals surface area (Å²) < 4.78 is 0. The van der Waals surface area contributed by atoms with E-state index >= 15 is 0 Å². The second-order valence-electron chi connectivity index (χ2n) is 5.07. The average Bonchev–Trinajstić information content (AvgIpc) is 2.70. The second-order valence-corrected chi connectivity index (χ2v) is 5.07. The number of Topliss-reactive ketones (excluding diaryl/α,β-unsaturated/α-hetero) is 1. The minimum atomic E-state index is 0.0496. The second kappa shape index (κ2) is 4.36. The summed E-state index contributed by atoms with van der Waals surface area (Å²) in [5.74, 6) is 0.972. The standard InChI is InChI=1S/C14H19NO/c1-9(2)10(3)14(16)12-7-6-11-5-4-8-15-13(11)12/h4-5,8-10,12H,6-7H2,1-3H3. The Morgan fingerprint density at radius 2 is 2.19 bits per heavy atom. The van der Waals surface area contributed by atoms with Gasteiger partial charge in [0.25, 0.3) is 0 Å². The molecule has 2 nitrogen and oxygen atoms in total. The Bertz CT molecular complexity index is 397. The zero-order valence-corrected chi connectivity index (χ0v) is 10.2. The van der Waals surface area contributed by atoms with Gasteiger partial charge in [0.1, 0.15) is 5.78 Å². The maximum absolute atomic E-state index is 12.3. The van der Waals surface area contributed by atoms with Gasteiger partial charge in [0.2, 0.25) is 0 Å². The van der Waals surface area contributed by atoms with Crippen LogP contribution in [0.4, 0.5) is 0 Å². The number of aromatic nitrogens is 1. The molecule has 0 spiro atoms. The van der Waals surface area contributed by atoms with Crippen molar-refractivity contribution in [2.75, 3.05) is 0 Å². The number of aryl methyl sites for hydroxylation is 1. The molecular formula is C14H19NO. The summed E-state index contributed by atoms with van der Waals surface area (Å²) in [6.45, 7) is 6.25. The highest BCUT2D eigenvalue weighted by Gasteiger charge is 2.33. The minimum Gasteiger partial charge on any atom is -0.299 e. The lowest BCUT2D eigenvalue weighted by molar-refractivity contribution is -0.125. The summed E-state index contributed by atoms with van der Waals surface area (Å²) in [5, 5.41) is 0. The number of pyridine rings is 1. The molecule has 2 rings (SSSR count). The Hall–Kier alpha value is -1.18. The predicted octanol–water partition coefficient (Wildman–Crippen LogP) is 2.97. The van der Waals surface area contributed by atoms with Crippen LogP contribution in [-0.4, -0.2) is 10.8 Å². The van der Waals surface area contributed by atoms with E-state index in [-0.39, 0.29) is 11.8 Å². The maximum atomic E-state index is 12.3. The summed E-state index contributed by atoms with van der Waals surface area (Å²) >= 11 is 0. The Labute approximate surface area is 97.1 Å². The number of hydrogen-bond donors (Lipinski definition) is 0. The van der Waals surface area contributed by atoms with Gasteiger partial charge in [-0.05, 0) is 30.4 Å². The van der Waals surface area contributed by atoms with Gasteiger partial charge in [-0.2, -0.15) is 0 Å². The smallest absolute Gasteiger partial charge is 0.144 e. The van der Waals surface area contributed by atoms with E-state index in [1.54, 1.807) is 6.20 Å². The van der Waals surface area contributed by atoms with Crippen LogP contribution < -0.4 is 0 Å². The Morgan fingerprint density at radius 1 is 1.44 bits per heavy atom. The molecule has 16 heavy (non-hydrogen) atoms. The molecule has 0 saturated heterocycles. The lowest BCUT2D eigenvalue weighted by Crippen LogP contribution is -2.23. The van der Waals surface area contributed by atoms with Crippen LogP contribution in [-0.2, 0) is 11.2 Å². The van der Waals surface area contributed by atoms with E-state index in [2.05, 4.69) is 24.9 Å². The monoisotopic (exact) mass is 217 g/mol. The molecule has 1 aliphatic carbocycles. The molecule has 0 saturated carbocycles. The van der Waals surface area contributed by atoms with Crippen molar-refractivity contribution in [1.82, 2.24) is 4.98 Å². The van der Waals surface area contributed by atoms with Crippen LogP contribution in [0.25, 0.3) is 0 Å². The molecule has 0 radical (unpaired) electrons. The van der Waals surface area contributed by atoms with E-state index in [4.69, 9.17) is 0 Å². The number of carbonyl (C=O) groups excluding carboxylic acids is 1.